The van der Waals surface area contributed by atoms with Crippen LogP contribution in [0.25, 0.3) is 0 Å². The third-order valence-electron chi connectivity index (χ3n) is 1.15. The van der Waals surface area contributed by atoms with E-state index in [0.29, 0.717) is 11.9 Å². The first kappa shape index (κ1) is 7.40. The summed E-state index contributed by atoms with van der Waals surface area (Å²) in [6.07, 6.45) is 1.27. The molecule has 0 aliphatic rings. The van der Waals surface area contributed by atoms with Crippen LogP contribution in [0, 0.1) is 0 Å². The van der Waals surface area contributed by atoms with Crippen molar-refractivity contribution in [2.75, 3.05) is 5.33 Å². The number of nitrogens with zero attached hydrogens (tertiary/aromatic N) is 1. The average molecular weight is 207 g/mol. The molecule has 1 heterocycles. The molecule has 1 aromatic heterocycles. The monoisotopic (exact) mass is 206 g/mol. The van der Waals surface area contributed by atoms with Gasteiger partial charge in [-0.3, -0.25) is 4.57 Å². The van der Waals surface area contributed by atoms with Gasteiger partial charge in [0.25, 0.3) is 0 Å². The quantitative estimate of drug-likeness (QED) is 0.684. The van der Waals surface area contributed by atoms with Crippen molar-refractivity contribution in [3.05, 3.63) is 16.7 Å². The molecule has 0 unspecified atom stereocenters. The van der Waals surface area contributed by atoms with Gasteiger partial charge in [0, 0.05) is 11.9 Å². The Morgan fingerprint density at radius 1 is 1.80 bits per heavy atom. The van der Waals surface area contributed by atoms with Gasteiger partial charge in [0.15, 0.2) is 0 Å². The summed E-state index contributed by atoms with van der Waals surface area (Å²) in [5, 5.41) is 9.62. The summed E-state index contributed by atoms with van der Waals surface area (Å²) in [5.41, 5.74) is -0.281. The second-order valence-electron chi connectivity index (χ2n) is 1.79. The van der Waals surface area contributed by atoms with E-state index in [4.69, 9.17) is 5.11 Å². The molecule has 2 N–H and O–H groups in total. The molecule has 0 bridgehead atoms. The largest absolute Gasteiger partial charge is 0.493 e. The number of aromatic nitrogens is 2. The van der Waals surface area contributed by atoms with E-state index in [0.717, 1.165) is 0 Å². The van der Waals surface area contributed by atoms with Crippen molar-refractivity contribution in [2.24, 2.45) is 0 Å². The van der Waals surface area contributed by atoms with Gasteiger partial charge in [-0.25, -0.2) is 4.79 Å². The predicted octanol–water partition coefficient (Wildman–Crippen LogP) is 0.277. The minimum absolute atomic E-state index is 0.0237. The minimum atomic E-state index is -0.281. The van der Waals surface area contributed by atoms with E-state index >= 15 is 0 Å². The summed E-state index contributed by atoms with van der Waals surface area (Å²) in [5.74, 6) is -0.0237. The molecule has 0 amide bonds. The van der Waals surface area contributed by atoms with E-state index in [1.807, 2.05) is 0 Å². The zero-order valence-corrected chi connectivity index (χ0v) is 6.76. The fourth-order valence-corrected chi connectivity index (χ4v) is 1.04. The lowest BCUT2D eigenvalue weighted by atomic mass is 10.7. The third-order valence-corrected chi connectivity index (χ3v) is 1.51. The number of alkyl halides is 1. The second kappa shape index (κ2) is 2.92. The maximum atomic E-state index is 10.8. The van der Waals surface area contributed by atoms with Crippen molar-refractivity contribution in [2.45, 2.75) is 6.54 Å². The van der Waals surface area contributed by atoms with Crippen LogP contribution >= 0.6 is 15.9 Å². The van der Waals surface area contributed by atoms with Crippen molar-refractivity contribution >= 4 is 15.9 Å². The van der Waals surface area contributed by atoms with Crippen LogP contribution in [0.5, 0.6) is 5.88 Å². The molecular formula is C5H7BrN2O2. The molecule has 4 nitrogen and oxygen atoms in total. The highest BCUT2D eigenvalue weighted by Crippen LogP contribution is 2.01. The molecule has 0 aliphatic carbocycles. The van der Waals surface area contributed by atoms with Crippen LogP contribution in [0.2, 0.25) is 0 Å². The Kier molecular flexibility index (Phi) is 2.16. The summed E-state index contributed by atoms with van der Waals surface area (Å²) in [7, 11) is 0. The van der Waals surface area contributed by atoms with Crippen LogP contribution in [0.3, 0.4) is 0 Å². The molecule has 0 aromatic carbocycles. The molecule has 0 saturated heterocycles. The molecule has 5 heteroatoms. The SMILES string of the molecule is O=c1[nH]cc(O)n1CCBr. The Bertz CT molecular complexity index is 265. The molecule has 1 aromatic rings. The molecule has 0 radical (unpaired) electrons. The second-order valence-corrected chi connectivity index (χ2v) is 2.59. The number of hydrogen-bond acceptors (Lipinski definition) is 2. The number of aromatic amines is 1. The van der Waals surface area contributed by atoms with Crippen LogP contribution in [0.1, 0.15) is 0 Å². The molecule has 0 spiro atoms. The zero-order chi connectivity index (χ0) is 7.56. The summed E-state index contributed by atoms with van der Waals surface area (Å²) < 4.78 is 1.24. The maximum Gasteiger partial charge on any atom is 0.328 e. The molecule has 0 saturated carbocycles. The Hall–Kier alpha value is -0.710. The van der Waals surface area contributed by atoms with E-state index in [-0.39, 0.29) is 11.6 Å². The fourth-order valence-electron chi connectivity index (χ4n) is 0.687. The zero-order valence-electron chi connectivity index (χ0n) is 5.17. The molecule has 0 atom stereocenters. The van der Waals surface area contributed by atoms with Crippen molar-refractivity contribution in [3.8, 4) is 5.88 Å². The molecular weight excluding hydrogens is 200 g/mol. The van der Waals surface area contributed by atoms with Crippen LogP contribution in [0.15, 0.2) is 11.0 Å². The topological polar surface area (TPSA) is 58.0 Å². The summed E-state index contributed by atoms with van der Waals surface area (Å²) in [4.78, 5) is 13.1. The highest BCUT2D eigenvalue weighted by Gasteiger charge is 2.00. The molecule has 0 aliphatic heterocycles. The first-order chi connectivity index (χ1) is 4.75. The Morgan fingerprint density at radius 3 is 2.90 bits per heavy atom. The van der Waals surface area contributed by atoms with Crippen molar-refractivity contribution in [3.63, 3.8) is 0 Å². The predicted molar refractivity (Wildman–Crippen MR) is 40.5 cm³/mol. The van der Waals surface area contributed by atoms with Gasteiger partial charge in [0.2, 0.25) is 5.88 Å². The average Bonchev–Trinajstić information content (AvgIpc) is 2.20. The minimum Gasteiger partial charge on any atom is -0.493 e. The molecule has 0 fully saturated rings. The van der Waals surface area contributed by atoms with E-state index in [2.05, 4.69) is 20.9 Å². The highest BCUT2D eigenvalue weighted by atomic mass is 79.9. The van der Waals surface area contributed by atoms with Crippen LogP contribution in [-0.2, 0) is 6.54 Å². The lowest BCUT2D eigenvalue weighted by Crippen LogP contribution is -2.16. The first-order valence-corrected chi connectivity index (χ1v) is 3.91. The first-order valence-electron chi connectivity index (χ1n) is 2.79. The van der Waals surface area contributed by atoms with Gasteiger partial charge in [0.05, 0.1) is 6.20 Å². The van der Waals surface area contributed by atoms with E-state index in [1.54, 1.807) is 0 Å². The normalized spacial score (nSPS) is 10.1. The number of aromatic hydroxyl groups is 1. The lowest BCUT2D eigenvalue weighted by molar-refractivity contribution is 0.419. The van der Waals surface area contributed by atoms with E-state index < -0.39 is 0 Å². The van der Waals surface area contributed by atoms with Gasteiger partial charge < -0.3 is 10.1 Å². The molecule has 56 valence electrons. The standard InChI is InChI=1S/C5H7BrN2O2/c6-1-2-8-4(9)3-7-5(8)10/h3,9H,1-2H2,(H,7,10). The van der Waals surface area contributed by atoms with Crippen LogP contribution in [0.4, 0.5) is 0 Å². The van der Waals surface area contributed by atoms with Gasteiger partial charge in [-0.05, 0) is 0 Å². The fraction of sp³-hybridized carbons (Fsp3) is 0.400. The summed E-state index contributed by atoms with van der Waals surface area (Å²) in [6, 6.07) is 0. The van der Waals surface area contributed by atoms with Crippen molar-refractivity contribution in [1.29, 1.82) is 0 Å². The van der Waals surface area contributed by atoms with Gasteiger partial charge in [-0.1, -0.05) is 15.9 Å². The molecule has 10 heavy (non-hydrogen) atoms. The summed E-state index contributed by atoms with van der Waals surface area (Å²) in [6.45, 7) is 0.480. The van der Waals surface area contributed by atoms with Gasteiger partial charge in [0.1, 0.15) is 0 Å². The van der Waals surface area contributed by atoms with Crippen LogP contribution in [-0.4, -0.2) is 20.0 Å². The number of rotatable bonds is 2. The maximum absolute atomic E-state index is 10.8. The van der Waals surface area contributed by atoms with E-state index in [9.17, 15) is 4.79 Å². The van der Waals surface area contributed by atoms with Gasteiger partial charge in [-0.15, -0.1) is 0 Å². The Balaban J connectivity index is 2.99. The number of H-pyrrole nitrogens is 1. The van der Waals surface area contributed by atoms with E-state index in [1.165, 1.54) is 10.8 Å². The molecule has 1 rings (SSSR count). The number of halogens is 1. The highest BCUT2D eigenvalue weighted by molar-refractivity contribution is 9.09. The van der Waals surface area contributed by atoms with Crippen molar-refractivity contribution < 1.29 is 5.11 Å². The van der Waals surface area contributed by atoms with Crippen molar-refractivity contribution in [1.82, 2.24) is 9.55 Å². The number of imidazole rings is 1. The Morgan fingerprint density at radius 2 is 2.50 bits per heavy atom. The lowest BCUT2D eigenvalue weighted by Gasteiger charge is -1.95. The third kappa shape index (κ3) is 1.23. The van der Waals surface area contributed by atoms with Gasteiger partial charge >= 0.3 is 5.69 Å². The summed E-state index contributed by atoms with van der Waals surface area (Å²) >= 11 is 3.15. The smallest absolute Gasteiger partial charge is 0.328 e. The van der Waals surface area contributed by atoms with Crippen LogP contribution < -0.4 is 5.69 Å². The van der Waals surface area contributed by atoms with Gasteiger partial charge in [-0.2, -0.15) is 0 Å². The number of hydrogen-bond donors (Lipinski definition) is 2. The Labute approximate surface area is 65.6 Å². The number of nitrogens with one attached hydrogen (secondary N) is 1.